The second-order valence-electron chi connectivity index (χ2n) is 6.36. The molecule has 4 rings (SSSR count). The molecular weight excluding hydrogens is 355 g/mol. The smallest absolute Gasteiger partial charge is 0.336 e. The van der Waals surface area contributed by atoms with E-state index in [2.05, 4.69) is 0 Å². The fourth-order valence-electron chi connectivity index (χ4n) is 3.57. The molecule has 6 heteroatoms. The zero-order valence-electron chi connectivity index (χ0n) is 14.3. The number of halogens is 3. The molecule has 1 aliphatic carbocycles. The maximum Gasteiger partial charge on any atom is 0.336 e. The molecule has 0 unspecified atom stereocenters. The number of nitrogens with zero attached hydrogens (tertiary/aromatic N) is 1. The van der Waals surface area contributed by atoms with E-state index in [1.807, 2.05) is 23.1 Å². The Bertz CT molecular complexity index is 1080. The number of benzene rings is 2. The molecule has 0 fully saturated rings. The molecule has 1 heterocycles. The molecule has 0 atom stereocenters. The molecule has 0 saturated carbocycles. The standard InChI is InChI=1S/C21H14F3NO2/c1-25-16-5-3-2-4-13(16)18(21(26)27)14-7-6-11(10-17(14)25)12-8-9-15(22)20(24)19(12)23/h2-3,5-10H,4H2,1H3,(H,26,27). The molecule has 2 aliphatic rings. The summed E-state index contributed by atoms with van der Waals surface area (Å²) in [6, 6.07) is 6.71. The van der Waals surface area contributed by atoms with E-state index in [1.54, 1.807) is 19.2 Å². The van der Waals surface area contributed by atoms with Gasteiger partial charge in [0.15, 0.2) is 17.5 Å². The molecule has 0 bridgehead atoms. The molecule has 2 aromatic carbocycles. The summed E-state index contributed by atoms with van der Waals surface area (Å²) in [6.45, 7) is 0. The van der Waals surface area contributed by atoms with Gasteiger partial charge >= 0.3 is 5.97 Å². The van der Waals surface area contributed by atoms with Gasteiger partial charge in [-0.2, -0.15) is 0 Å². The average Bonchev–Trinajstić information content (AvgIpc) is 2.66. The number of hydrogen-bond donors (Lipinski definition) is 1. The highest BCUT2D eigenvalue weighted by atomic mass is 19.2. The predicted molar refractivity (Wildman–Crippen MR) is 96.6 cm³/mol. The molecule has 0 amide bonds. The Morgan fingerprint density at radius 3 is 2.56 bits per heavy atom. The lowest BCUT2D eigenvalue weighted by Crippen LogP contribution is -2.26. The Kier molecular flexibility index (Phi) is 3.91. The van der Waals surface area contributed by atoms with E-state index in [1.165, 1.54) is 12.1 Å². The largest absolute Gasteiger partial charge is 0.478 e. The van der Waals surface area contributed by atoms with Crippen molar-refractivity contribution < 1.29 is 23.1 Å². The van der Waals surface area contributed by atoms with Crippen LogP contribution in [0.2, 0.25) is 0 Å². The van der Waals surface area contributed by atoms with Gasteiger partial charge in [0.2, 0.25) is 0 Å². The van der Waals surface area contributed by atoms with Gasteiger partial charge in [-0.25, -0.2) is 18.0 Å². The Morgan fingerprint density at radius 1 is 1.07 bits per heavy atom. The van der Waals surface area contributed by atoms with Gasteiger partial charge in [0.25, 0.3) is 0 Å². The SMILES string of the molecule is CN1C2=CC=CCC2=C(C(=O)O)c2ccc(-c3ccc(F)c(F)c3F)cc21. The van der Waals surface area contributed by atoms with E-state index in [-0.39, 0.29) is 11.1 Å². The van der Waals surface area contributed by atoms with E-state index in [4.69, 9.17) is 0 Å². The third-order valence-electron chi connectivity index (χ3n) is 4.87. The van der Waals surface area contributed by atoms with Crippen LogP contribution in [0, 0.1) is 17.5 Å². The highest BCUT2D eigenvalue weighted by molar-refractivity contribution is 6.20. The summed E-state index contributed by atoms with van der Waals surface area (Å²) in [5, 5.41) is 9.73. The maximum absolute atomic E-state index is 14.2. The van der Waals surface area contributed by atoms with Crippen LogP contribution in [0.25, 0.3) is 16.7 Å². The number of likely N-dealkylation sites (N-methyl/N-ethyl adjacent to an activating group) is 1. The highest BCUT2D eigenvalue weighted by Gasteiger charge is 2.31. The van der Waals surface area contributed by atoms with Crippen molar-refractivity contribution in [1.82, 2.24) is 0 Å². The van der Waals surface area contributed by atoms with Crippen molar-refractivity contribution in [3.63, 3.8) is 0 Å². The topological polar surface area (TPSA) is 40.5 Å². The first-order valence-corrected chi connectivity index (χ1v) is 8.25. The number of rotatable bonds is 2. The molecule has 1 aliphatic heterocycles. The third kappa shape index (κ3) is 2.56. The average molecular weight is 369 g/mol. The summed E-state index contributed by atoms with van der Waals surface area (Å²) in [7, 11) is 1.79. The second-order valence-corrected chi connectivity index (χ2v) is 6.36. The van der Waals surface area contributed by atoms with Crippen LogP contribution in [-0.4, -0.2) is 18.1 Å². The number of anilines is 1. The second kappa shape index (κ2) is 6.16. The van der Waals surface area contributed by atoms with Crippen molar-refractivity contribution in [2.75, 3.05) is 11.9 Å². The fourth-order valence-corrected chi connectivity index (χ4v) is 3.57. The molecule has 0 radical (unpaired) electrons. The van der Waals surface area contributed by atoms with Crippen molar-refractivity contribution >= 4 is 17.2 Å². The predicted octanol–water partition coefficient (Wildman–Crippen LogP) is 4.90. The van der Waals surface area contributed by atoms with Gasteiger partial charge in [-0.3, -0.25) is 0 Å². The Balaban J connectivity index is 1.94. The summed E-state index contributed by atoms with van der Waals surface area (Å²) < 4.78 is 41.0. The lowest BCUT2D eigenvalue weighted by atomic mass is 9.86. The Hall–Kier alpha value is -3.28. The minimum Gasteiger partial charge on any atom is -0.478 e. The van der Waals surface area contributed by atoms with Crippen LogP contribution in [0.1, 0.15) is 12.0 Å². The molecule has 1 N–H and O–H groups in total. The Morgan fingerprint density at radius 2 is 1.81 bits per heavy atom. The molecule has 0 aromatic heterocycles. The van der Waals surface area contributed by atoms with Crippen LogP contribution < -0.4 is 4.90 Å². The van der Waals surface area contributed by atoms with Gasteiger partial charge in [-0.15, -0.1) is 0 Å². The molecule has 136 valence electrons. The van der Waals surface area contributed by atoms with Gasteiger partial charge in [0.1, 0.15) is 0 Å². The number of fused-ring (bicyclic) bond motifs is 2. The number of carboxylic acid groups (broad SMARTS) is 1. The van der Waals surface area contributed by atoms with Crippen LogP contribution in [-0.2, 0) is 4.79 Å². The van der Waals surface area contributed by atoms with Crippen molar-refractivity contribution in [3.8, 4) is 11.1 Å². The number of carbonyl (C=O) groups is 1. The highest BCUT2D eigenvalue weighted by Crippen LogP contribution is 2.43. The lowest BCUT2D eigenvalue weighted by molar-refractivity contribution is -0.130. The summed E-state index contributed by atoms with van der Waals surface area (Å²) in [6.07, 6.45) is 6.04. The molecular formula is C21H14F3NO2. The Labute approximate surface area is 153 Å². The van der Waals surface area contributed by atoms with Gasteiger partial charge in [0.05, 0.1) is 5.57 Å². The van der Waals surface area contributed by atoms with Gasteiger partial charge < -0.3 is 10.0 Å². The zero-order valence-corrected chi connectivity index (χ0v) is 14.3. The summed E-state index contributed by atoms with van der Waals surface area (Å²) >= 11 is 0. The lowest BCUT2D eigenvalue weighted by Gasteiger charge is -2.34. The number of hydrogen-bond acceptors (Lipinski definition) is 2. The van der Waals surface area contributed by atoms with Crippen LogP contribution in [0.5, 0.6) is 0 Å². The fraction of sp³-hybridized carbons (Fsp3) is 0.0952. The van der Waals surface area contributed by atoms with Crippen molar-refractivity contribution in [3.05, 3.63) is 82.8 Å². The van der Waals surface area contributed by atoms with E-state index in [0.29, 0.717) is 28.8 Å². The van der Waals surface area contributed by atoms with Gasteiger partial charge in [-0.05, 0) is 41.8 Å². The minimum atomic E-state index is -1.54. The molecule has 3 nitrogen and oxygen atoms in total. The number of carboxylic acids is 1. The van der Waals surface area contributed by atoms with Crippen LogP contribution in [0.4, 0.5) is 18.9 Å². The molecule has 2 aromatic rings. The van der Waals surface area contributed by atoms with Gasteiger partial charge in [-0.1, -0.05) is 24.3 Å². The first-order chi connectivity index (χ1) is 12.9. The van der Waals surface area contributed by atoms with E-state index < -0.39 is 23.4 Å². The maximum atomic E-state index is 14.2. The minimum absolute atomic E-state index is 0.0886. The van der Waals surface area contributed by atoms with E-state index in [0.717, 1.165) is 11.8 Å². The molecule has 27 heavy (non-hydrogen) atoms. The normalized spacial score (nSPS) is 15.4. The molecule has 0 spiro atoms. The summed E-state index contributed by atoms with van der Waals surface area (Å²) in [4.78, 5) is 13.7. The van der Waals surface area contributed by atoms with Crippen LogP contribution in [0.3, 0.4) is 0 Å². The van der Waals surface area contributed by atoms with Gasteiger partial charge in [0, 0.05) is 29.6 Å². The van der Waals surface area contributed by atoms with E-state index in [9.17, 15) is 23.1 Å². The summed E-state index contributed by atoms with van der Waals surface area (Å²) in [5.41, 5.74) is 2.93. The number of aliphatic carboxylic acids is 1. The first kappa shape index (κ1) is 17.1. The van der Waals surface area contributed by atoms with Crippen LogP contribution >= 0.6 is 0 Å². The number of allylic oxidation sites excluding steroid dienone is 4. The van der Waals surface area contributed by atoms with Crippen LogP contribution in [0.15, 0.2) is 59.8 Å². The monoisotopic (exact) mass is 369 g/mol. The quantitative estimate of drug-likeness (QED) is 0.766. The third-order valence-corrected chi connectivity index (χ3v) is 4.87. The zero-order chi connectivity index (χ0) is 19.3. The van der Waals surface area contributed by atoms with Crippen molar-refractivity contribution in [2.45, 2.75) is 6.42 Å². The molecule has 0 saturated heterocycles. The van der Waals surface area contributed by atoms with E-state index >= 15 is 0 Å². The first-order valence-electron chi connectivity index (χ1n) is 8.25. The van der Waals surface area contributed by atoms with Crippen molar-refractivity contribution in [2.24, 2.45) is 0 Å². The van der Waals surface area contributed by atoms with Crippen molar-refractivity contribution in [1.29, 1.82) is 0 Å². The summed E-state index contributed by atoms with van der Waals surface area (Å²) in [5.74, 6) is -5.12.